The van der Waals surface area contributed by atoms with Gasteiger partial charge in [0, 0.05) is 17.9 Å². The monoisotopic (exact) mass is 324 g/mol. The van der Waals surface area contributed by atoms with Gasteiger partial charge < -0.3 is 9.52 Å². The summed E-state index contributed by atoms with van der Waals surface area (Å²) in [6, 6.07) is 10.1. The third-order valence-electron chi connectivity index (χ3n) is 5.46. The number of fused-ring (bicyclic) bond motifs is 1. The summed E-state index contributed by atoms with van der Waals surface area (Å²) >= 11 is 0. The Morgan fingerprint density at radius 1 is 1.00 bits per heavy atom. The van der Waals surface area contributed by atoms with Crippen LogP contribution < -0.4 is 5.63 Å². The van der Waals surface area contributed by atoms with Gasteiger partial charge in [-0.05, 0) is 43.6 Å². The summed E-state index contributed by atoms with van der Waals surface area (Å²) in [7, 11) is 0. The summed E-state index contributed by atoms with van der Waals surface area (Å²) in [6.07, 6.45) is 8.21. The minimum absolute atomic E-state index is 0.0433. The zero-order chi connectivity index (χ0) is 16.5. The van der Waals surface area contributed by atoms with Crippen molar-refractivity contribution in [1.82, 2.24) is 0 Å². The van der Waals surface area contributed by atoms with Crippen LogP contribution in [0.1, 0.15) is 66.9 Å². The van der Waals surface area contributed by atoms with E-state index >= 15 is 0 Å². The van der Waals surface area contributed by atoms with Crippen molar-refractivity contribution in [2.45, 2.75) is 57.3 Å². The van der Waals surface area contributed by atoms with Crippen LogP contribution in [0.4, 0.5) is 0 Å². The molecule has 4 rings (SSSR count). The Morgan fingerprint density at radius 2 is 1.71 bits per heavy atom. The molecule has 1 unspecified atom stereocenters. The van der Waals surface area contributed by atoms with Crippen molar-refractivity contribution in [1.29, 1.82) is 0 Å². The lowest BCUT2D eigenvalue weighted by molar-refractivity contribution is 0.382. The first-order chi connectivity index (χ1) is 11.8. The molecule has 1 N–H and O–H groups in total. The molecular weight excluding hydrogens is 300 g/mol. The van der Waals surface area contributed by atoms with Crippen molar-refractivity contribution in [2.75, 3.05) is 0 Å². The molecule has 24 heavy (non-hydrogen) atoms. The van der Waals surface area contributed by atoms with Gasteiger partial charge in [0.25, 0.3) is 0 Å². The zero-order valence-corrected chi connectivity index (χ0v) is 14.0. The highest BCUT2D eigenvalue weighted by Gasteiger charge is 2.38. The molecule has 2 aromatic rings. The molecule has 0 amide bonds. The second-order valence-corrected chi connectivity index (χ2v) is 7.19. The highest BCUT2D eigenvalue weighted by Crippen LogP contribution is 2.48. The van der Waals surface area contributed by atoms with Gasteiger partial charge in [-0.2, -0.15) is 0 Å². The van der Waals surface area contributed by atoms with E-state index in [9.17, 15) is 9.90 Å². The molecule has 1 fully saturated rings. The molecule has 3 nitrogen and oxygen atoms in total. The molecule has 1 aromatic carbocycles. The van der Waals surface area contributed by atoms with E-state index in [0.29, 0.717) is 17.2 Å². The van der Waals surface area contributed by atoms with Gasteiger partial charge in [0.2, 0.25) is 0 Å². The van der Waals surface area contributed by atoms with Crippen LogP contribution in [-0.4, -0.2) is 5.11 Å². The number of hydrogen-bond donors (Lipinski definition) is 1. The molecule has 0 saturated heterocycles. The minimum atomic E-state index is -0.340. The van der Waals surface area contributed by atoms with Crippen LogP contribution in [0.3, 0.4) is 0 Å². The minimum Gasteiger partial charge on any atom is -0.507 e. The van der Waals surface area contributed by atoms with Gasteiger partial charge in [0.05, 0.1) is 5.56 Å². The first kappa shape index (κ1) is 15.5. The molecule has 2 aliphatic carbocycles. The zero-order valence-electron chi connectivity index (χ0n) is 14.0. The number of benzene rings is 1. The SMILES string of the molecule is O=c1oc2c(c(O)c1C(c1ccccc1)C1CC1)CCCCCC2. The Labute approximate surface area is 142 Å². The molecule has 2 aliphatic rings. The summed E-state index contributed by atoms with van der Waals surface area (Å²) in [5.41, 5.74) is 2.13. The van der Waals surface area contributed by atoms with Crippen molar-refractivity contribution < 1.29 is 9.52 Å². The van der Waals surface area contributed by atoms with Crippen LogP contribution in [0, 0.1) is 5.92 Å². The highest BCUT2D eigenvalue weighted by molar-refractivity contribution is 5.47. The fraction of sp³-hybridized carbons (Fsp3) is 0.476. The van der Waals surface area contributed by atoms with E-state index in [1.807, 2.05) is 18.2 Å². The second-order valence-electron chi connectivity index (χ2n) is 7.19. The predicted molar refractivity (Wildman–Crippen MR) is 93.5 cm³/mol. The summed E-state index contributed by atoms with van der Waals surface area (Å²) in [4.78, 5) is 12.7. The number of rotatable bonds is 3. The maximum absolute atomic E-state index is 12.7. The van der Waals surface area contributed by atoms with E-state index in [-0.39, 0.29) is 17.3 Å². The van der Waals surface area contributed by atoms with Gasteiger partial charge in [0.15, 0.2) is 0 Å². The Balaban J connectivity index is 1.84. The molecule has 0 bridgehead atoms. The average molecular weight is 324 g/mol. The van der Waals surface area contributed by atoms with E-state index in [1.165, 1.54) is 12.8 Å². The molecule has 3 heteroatoms. The normalized spacial score (nSPS) is 19.2. The number of aryl methyl sites for hydroxylation is 1. The van der Waals surface area contributed by atoms with Gasteiger partial charge in [-0.15, -0.1) is 0 Å². The second kappa shape index (κ2) is 6.46. The van der Waals surface area contributed by atoms with Crippen molar-refractivity contribution in [3.63, 3.8) is 0 Å². The average Bonchev–Trinajstić information content (AvgIpc) is 3.39. The molecule has 0 aliphatic heterocycles. The number of aromatic hydroxyl groups is 1. The summed E-state index contributed by atoms with van der Waals surface area (Å²) < 4.78 is 5.71. The van der Waals surface area contributed by atoms with Crippen LogP contribution in [0.2, 0.25) is 0 Å². The van der Waals surface area contributed by atoms with Crippen molar-refractivity contribution in [3.8, 4) is 5.75 Å². The summed E-state index contributed by atoms with van der Waals surface area (Å²) in [6.45, 7) is 0. The first-order valence-electron chi connectivity index (χ1n) is 9.18. The van der Waals surface area contributed by atoms with Crippen LogP contribution in [-0.2, 0) is 12.8 Å². The van der Waals surface area contributed by atoms with E-state index in [0.717, 1.165) is 49.7 Å². The smallest absolute Gasteiger partial charge is 0.343 e. The van der Waals surface area contributed by atoms with Crippen LogP contribution in [0.5, 0.6) is 5.75 Å². The maximum Gasteiger partial charge on any atom is 0.343 e. The quantitative estimate of drug-likeness (QED) is 0.901. The van der Waals surface area contributed by atoms with E-state index in [1.54, 1.807) is 0 Å². The molecule has 126 valence electrons. The first-order valence-corrected chi connectivity index (χ1v) is 9.18. The van der Waals surface area contributed by atoms with Crippen LogP contribution in [0.25, 0.3) is 0 Å². The Morgan fingerprint density at radius 3 is 2.42 bits per heavy atom. The third kappa shape index (κ3) is 2.88. The van der Waals surface area contributed by atoms with Gasteiger partial charge in [-0.3, -0.25) is 0 Å². The van der Waals surface area contributed by atoms with Gasteiger partial charge >= 0.3 is 5.63 Å². The van der Waals surface area contributed by atoms with Crippen LogP contribution >= 0.6 is 0 Å². The van der Waals surface area contributed by atoms with E-state index in [4.69, 9.17) is 4.42 Å². The lowest BCUT2D eigenvalue weighted by Gasteiger charge is -2.21. The third-order valence-corrected chi connectivity index (χ3v) is 5.46. The summed E-state index contributed by atoms with van der Waals surface area (Å²) in [5, 5.41) is 11.0. The van der Waals surface area contributed by atoms with E-state index < -0.39 is 0 Å². The molecule has 1 atom stereocenters. The van der Waals surface area contributed by atoms with Gasteiger partial charge in [0.1, 0.15) is 11.5 Å². The fourth-order valence-electron chi connectivity index (χ4n) is 4.06. The molecular formula is C21H24O3. The molecule has 0 radical (unpaired) electrons. The highest BCUT2D eigenvalue weighted by atomic mass is 16.4. The predicted octanol–water partition coefficient (Wildman–Crippen LogP) is 4.55. The van der Waals surface area contributed by atoms with Crippen molar-refractivity contribution in [3.05, 3.63) is 63.2 Å². The lowest BCUT2D eigenvalue weighted by Crippen LogP contribution is -2.19. The standard InChI is InChI=1S/C21H24O3/c22-20-16-10-6-1-2-7-11-17(16)24-21(23)19(20)18(15-12-13-15)14-8-4-3-5-9-14/h3-5,8-9,15,18,22H,1-2,6-7,10-13H2. The molecule has 1 heterocycles. The largest absolute Gasteiger partial charge is 0.507 e. The Bertz CT molecular complexity index is 772. The van der Waals surface area contributed by atoms with Crippen LogP contribution in [0.15, 0.2) is 39.5 Å². The maximum atomic E-state index is 12.7. The Hall–Kier alpha value is -2.03. The Kier molecular flexibility index (Phi) is 4.17. The number of hydrogen-bond acceptors (Lipinski definition) is 3. The lowest BCUT2D eigenvalue weighted by atomic mass is 9.85. The van der Waals surface area contributed by atoms with Gasteiger partial charge in [-0.1, -0.05) is 43.2 Å². The van der Waals surface area contributed by atoms with Crippen molar-refractivity contribution >= 4 is 0 Å². The topological polar surface area (TPSA) is 50.4 Å². The molecule has 1 saturated carbocycles. The van der Waals surface area contributed by atoms with E-state index in [2.05, 4.69) is 12.1 Å². The molecule has 1 aromatic heterocycles. The molecule has 0 spiro atoms. The van der Waals surface area contributed by atoms with Crippen molar-refractivity contribution in [2.24, 2.45) is 5.92 Å². The van der Waals surface area contributed by atoms with Gasteiger partial charge in [-0.25, -0.2) is 4.79 Å². The fourth-order valence-corrected chi connectivity index (χ4v) is 4.06. The summed E-state index contributed by atoms with van der Waals surface area (Å²) in [5.74, 6) is 1.32.